The average molecular weight is 244 g/mol. The molecule has 0 heterocycles. The van der Waals surface area contributed by atoms with Gasteiger partial charge in [0.1, 0.15) is 14.2 Å². The van der Waals surface area contributed by atoms with E-state index in [2.05, 4.69) is 31.1 Å². The lowest BCUT2D eigenvalue weighted by molar-refractivity contribution is 0.236. The topological polar surface area (TPSA) is 20.2 Å². The summed E-state index contributed by atoms with van der Waals surface area (Å²) < 4.78 is 0. The second kappa shape index (κ2) is 6.44. The summed E-state index contributed by atoms with van der Waals surface area (Å²) in [6, 6.07) is 10.1. The number of aliphatic hydroxyl groups excluding tert-OH is 1. The van der Waals surface area contributed by atoms with Crippen LogP contribution in [0.25, 0.3) is 6.08 Å². The second-order valence-electron chi connectivity index (χ2n) is 5.08. The van der Waals surface area contributed by atoms with Crippen LogP contribution >= 0.6 is 0 Å². The number of hydrogen-bond acceptors (Lipinski definition) is 1. The van der Waals surface area contributed by atoms with Gasteiger partial charge in [0.25, 0.3) is 0 Å². The SMILES string of the molecule is C[Si](C)(C)C#CC(O)C/C=C/c1ccccc1. The molecule has 0 saturated carbocycles. The van der Waals surface area contributed by atoms with Crippen molar-refractivity contribution in [2.24, 2.45) is 0 Å². The molecule has 1 atom stereocenters. The smallest absolute Gasteiger partial charge is 0.129 e. The van der Waals surface area contributed by atoms with E-state index in [4.69, 9.17) is 0 Å². The Labute approximate surface area is 105 Å². The van der Waals surface area contributed by atoms with Crippen molar-refractivity contribution in [3.63, 3.8) is 0 Å². The number of aliphatic hydroxyl groups is 1. The minimum atomic E-state index is -1.37. The van der Waals surface area contributed by atoms with Crippen molar-refractivity contribution < 1.29 is 5.11 Å². The Balaban J connectivity index is 2.45. The fourth-order valence-electron chi connectivity index (χ4n) is 1.26. The van der Waals surface area contributed by atoms with Crippen molar-refractivity contribution in [2.45, 2.75) is 32.2 Å². The van der Waals surface area contributed by atoms with Crippen molar-refractivity contribution in [3.05, 3.63) is 42.0 Å². The summed E-state index contributed by atoms with van der Waals surface area (Å²) in [4.78, 5) is 0. The summed E-state index contributed by atoms with van der Waals surface area (Å²) in [7, 11) is -1.37. The predicted octanol–water partition coefficient (Wildman–Crippen LogP) is 3.33. The monoisotopic (exact) mass is 244 g/mol. The largest absolute Gasteiger partial charge is 0.380 e. The zero-order valence-corrected chi connectivity index (χ0v) is 11.8. The fourth-order valence-corrected chi connectivity index (χ4v) is 1.86. The summed E-state index contributed by atoms with van der Waals surface area (Å²) in [6.45, 7) is 6.52. The highest BCUT2D eigenvalue weighted by atomic mass is 28.3. The standard InChI is InChI=1S/C15H20OSi/c1-17(2,3)13-12-15(16)11-7-10-14-8-5-4-6-9-14/h4-10,15-16H,11H2,1-3H3/b10-7+. The third-order valence-electron chi connectivity index (χ3n) is 2.08. The van der Waals surface area contributed by atoms with Crippen LogP contribution in [0, 0.1) is 11.5 Å². The first-order chi connectivity index (χ1) is 7.97. The van der Waals surface area contributed by atoms with E-state index >= 15 is 0 Å². The molecule has 0 bridgehead atoms. The van der Waals surface area contributed by atoms with Crippen LogP contribution in [0.2, 0.25) is 19.6 Å². The molecule has 1 N–H and O–H groups in total. The van der Waals surface area contributed by atoms with Crippen LogP contribution in [0.3, 0.4) is 0 Å². The van der Waals surface area contributed by atoms with Gasteiger partial charge in [-0.15, -0.1) is 5.54 Å². The predicted molar refractivity (Wildman–Crippen MR) is 77.2 cm³/mol. The van der Waals surface area contributed by atoms with E-state index in [9.17, 15) is 5.11 Å². The van der Waals surface area contributed by atoms with Crippen molar-refractivity contribution in [1.82, 2.24) is 0 Å². The van der Waals surface area contributed by atoms with Crippen LogP contribution < -0.4 is 0 Å². The fraction of sp³-hybridized carbons (Fsp3) is 0.333. The first kappa shape index (κ1) is 13.8. The number of rotatable bonds is 3. The molecule has 0 aromatic heterocycles. The Morgan fingerprint density at radius 3 is 2.47 bits per heavy atom. The molecule has 0 aliphatic heterocycles. The Bertz CT molecular complexity index is 418. The number of hydrogen-bond donors (Lipinski definition) is 1. The maximum Gasteiger partial charge on any atom is 0.129 e. The van der Waals surface area contributed by atoms with Crippen LogP contribution in [0.4, 0.5) is 0 Å². The van der Waals surface area contributed by atoms with E-state index in [0.717, 1.165) is 5.56 Å². The Hall–Kier alpha value is -1.30. The van der Waals surface area contributed by atoms with Crippen LogP contribution in [0.1, 0.15) is 12.0 Å². The lowest BCUT2D eigenvalue weighted by Crippen LogP contribution is -2.17. The highest BCUT2D eigenvalue weighted by Gasteiger charge is 2.08. The minimum Gasteiger partial charge on any atom is -0.380 e. The van der Waals surface area contributed by atoms with Gasteiger partial charge in [-0.25, -0.2) is 0 Å². The zero-order valence-electron chi connectivity index (χ0n) is 10.8. The van der Waals surface area contributed by atoms with Crippen molar-refractivity contribution in [3.8, 4) is 11.5 Å². The van der Waals surface area contributed by atoms with Crippen molar-refractivity contribution in [2.75, 3.05) is 0 Å². The van der Waals surface area contributed by atoms with Crippen LogP contribution in [-0.2, 0) is 0 Å². The Morgan fingerprint density at radius 1 is 1.24 bits per heavy atom. The maximum atomic E-state index is 9.69. The van der Waals surface area contributed by atoms with Crippen LogP contribution in [0.5, 0.6) is 0 Å². The molecule has 1 unspecified atom stereocenters. The lowest BCUT2D eigenvalue weighted by atomic mass is 10.2. The van der Waals surface area contributed by atoms with Crippen LogP contribution in [0.15, 0.2) is 36.4 Å². The molecule has 0 saturated heterocycles. The minimum absolute atomic E-state index is 0.540. The molecular weight excluding hydrogens is 224 g/mol. The maximum absolute atomic E-state index is 9.69. The molecule has 1 aromatic carbocycles. The van der Waals surface area contributed by atoms with E-state index in [1.165, 1.54) is 0 Å². The molecule has 17 heavy (non-hydrogen) atoms. The van der Waals surface area contributed by atoms with E-state index < -0.39 is 14.2 Å². The molecule has 2 heteroatoms. The first-order valence-electron chi connectivity index (χ1n) is 5.90. The van der Waals surface area contributed by atoms with E-state index in [1.807, 2.05) is 42.5 Å². The summed E-state index contributed by atoms with van der Waals surface area (Å²) in [6.07, 6.45) is 4.03. The molecule has 0 fully saturated rings. The molecule has 0 spiro atoms. The van der Waals surface area contributed by atoms with Gasteiger partial charge in [-0.05, 0) is 5.56 Å². The summed E-state index contributed by atoms with van der Waals surface area (Å²) in [5, 5.41) is 9.69. The van der Waals surface area contributed by atoms with Crippen LogP contribution in [-0.4, -0.2) is 19.3 Å². The third kappa shape index (κ3) is 6.78. The van der Waals surface area contributed by atoms with Crippen molar-refractivity contribution >= 4 is 14.1 Å². The Kier molecular flexibility index (Phi) is 5.21. The zero-order chi connectivity index (χ0) is 12.7. The Morgan fingerprint density at radius 2 is 1.88 bits per heavy atom. The average Bonchev–Trinajstić information content (AvgIpc) is 2.27. The summed E-state index contributed by atoms with van der Waals surface area (Å²) in [5.74, 6) is 2.92. The third-order valence-corrected chi connectivity index (χ3v) is 2.98. The molecular formula is C15H20OSi. The molecule has 0 radical (unpaired) electrons. The van der Waals surface area contributed by atoms with Gasteiger partial charge in [-0.2, -0.15) is 0 Å². The van der Waals surface area contributed by atoms with Crippen molar-refractivity contribution in [1.29, 1.82) is 0 Å². The van der Waals surface area contributed by atoms with Gasteiger partial charge < -0.3 is 5.11 Å². The van der Waals surface area contributed by atoms with E-state index in [0.29, 0.717) is 6.42 Å². The highest BCUT2D eigenvalue weighted by molar-refractivity contribution is 6.83. The second-order valence-corrected chi connectivity index (χ2v) is 9.83. The van der Waals surface area contributed by atoms with Gasteiger partial charge >= 0.3 is 0 Å². The van der Waals surface area contributed by atoms with E-state index in [-0.39, 0.29) is 0 Å². The quantitative estimate of drug-likeness (QED) is 0.639. The molecule has 1 nitrogen and oxygen atoms in total. The van der Waals surface area contributed by atoms with Gasteiger partial charge in [0.05, 0.1) is 0 Å². The van der Waals surface area contributed by atoms with E-state index in [1.54, 1.807) is 0 Å². The first-order valence-corrected chi connectivity index (χ1v) is 9.40. The van der Waals surface area contributed by atoms with Gasteiger partial charge in [0, 0.05) is 6.42 Å². The van der Waals surface area contributed by atoms with Gasteiger partial charge in [0.15, 0.2) is 0 Å². The summed E-state index contributed by atoms with van der Waals surface area (Å²) in [5.41, 5.74) is 4.33. The molecule has 0 aliphatic rings. The molecule has 0 aliphatic carbocycles. The normalized spacial score (nSPS) is 13.2. The molecule has 0 amide bonds. The molecule has 1 rings (SSSR count). The van der Waals surface area contributed by atoms with Gasteiger partial charge in [-0.1, -0.05) is 68.0 Å². The number of benzene rings is 1. The molecule has 90 valence electrons. The summed E-state index contributed by atoms with van der Waals surface area (Å²) >= 11 is 0. The molecule has 1 aromatic rings. The highest BCUT2D eigenvalue weighted by Crippen LogP contribution is 2.03. The lowest BCUT2D eigenvalue weighted by Gasteiger charge is -2.05. The van der Waals surface area contributed by atoms with Gasteiger partial charge in [-0.3, -0.25) is 0 Å². The van der Waals surface area contributed by atoms with Gasteiger partial charge in [0.2, 0.25) is 0 Å².